The third kappa shape index (κ3) is 4.74. The number of nitrogens with one attached hydrogen (secondary N) is 1. The van der Waals surface area contributed by atoms with Crippen molar-refractivity contribution in [1.29, 1.82) is 0 Å². The van der Waals surface area contributed by atoms with E-state index in [1.54, 1.807) is 19.2 Å². The largest absolute Gasteiger partial charge is 0.496 e. The minimum atomic E-state index is -0.441. The number of ether oxygens (including phenoxy) is 2. The fraction of sp³-hybridized carbons (Fsp3) is 0.217. The first-order valence-corrected chi connectivity index (χ1v) is 10.4. The lowest BCUT2D eigenvalue weighted by atomic mass is 10.1. The van der Waals surface area contributed by atoms with Gasteiger partial charge in [0.15, 0.2) is 5.76 Å². The molecule has 3 aromatic rings. The SMILES string of the molecule is COc1ccc(Br)cc1C=NNC(=O)c1ccc(COc2ccc3c(c2)CCC3)o1. The summed E-state index contributed by atoms with van der Waals surface area (Å²) in [5.41, 5.74) is 5.95. The highest BCUT2D eigenvalue weighted by Crippen LogP contribution is 2.26. The van der Waals surface area contributed by atoms with Crippen molar-refractivity contribution >= 4 is 28.1 Å². The molecule has 0 fully saturated rings. The molecule has 0 saturated heterocycles. The molecule has 0 atom stereocenters. The predicted molar refractivity (Wildman–Crippen MR) is 117 cm³/mol. The highest BCUT2D eigenvalue weighted by molar-refractivity contribution is 9.10. The molecule has 0 bridgehead atoms. The summed E-state index contributed by atoms with van der Waals surface area (Å²) in [6.07, 6.45) is 4.96. The molecule has 1 amide bonds. The number of hydrogen-bond acceptors (Lipinski definition) is 5. The second kappa shape index (κ2) is 9.17. The van der Waals surface area contributed by atoms with Crippen LogP contribution in [0.4, 0.5) is 0 Å². The Kier molecular flexibility index (Phi) is 6.18. The number of rotatable bonds is 7. The molecule has 4 rings (SSSR count). The van der Waals surface area contributed by atoms with Crippen molar-refractivity contribution in [3.8, 4) is 11.5 Å². The van der Waals surface area contributed by atoms with Crippen LogP contribution in [0.25, 0.3) is 0 Å². The monoisotopic (exact) mass is 468 g/mol. The van der Waals surface area contributed by atoms with Crippen LogP contribution in [0.15, 0.2) is 62.5 Å². The number of methoxy groups -OCH3 is 1. The van der Waals surface area contributed by atoms with Crippen molar-refractivity contribution < 1.29 is 18.7 Å². The first-order chi connectivity index (χ1) is 14.6. The molecule has 30 heavy (non-hydrogen) atoms. The number of nitrogens with zero attached hydrogens (tertiary/aromatic N) is 1. The van der Waals surface area contributed by atoms with Crippen molar-refractivity contribution in [1.82, 2.24) is 5.43 Å². The Morgan fingerprint density at radius 1 is 1.17 bits per heavy atom. The van der Waals surface area contributed by atoms with Gasteiger partial charge in [-0.2, -0.15) is 5.10 Å². The molecule has 1 N–H and O–H groups in total. The van der Waals surface area contributed by atoms with Gasteiger partial charge in [-0.05, 0) is 72.9 Å². The molecular weight excluding hydrogens is 448 g/mol. The predicted octanol–water partition coefficient (Wildman–Crippen LogP) is 4.88. The number of hydrazone groups is 1. The van der Waals surface area contributed by atoms with Crippen LogP contribution < -0.4 is 14.9 Å². The van der Waals surface area contributed by atoms with Crippen LogP contribution in [0.5, 0.6) is 11.5 Å². The van der Waals surface area contributed by atoms with Crippen molar-refractivity contribution in [3.05, 3.63) is 81.2 Å². The molecule has 1 aliphatic carbocycles. The van der Waals surface area contributed by atoms with E-state index in [0.29, 0.717) is 11.5 Å². The summed E-state index contributed by atoms with van der Waals surface area (Å²) in [4.78, 5) is 12.3. The highest BCUT2D eigenvalue weighted by atomic mass is 79.9. The fourth-order valence-electron chi connectivity index (χ4n) is 3.39. The number of carbonyl (C=O) groups excluding carboxylic acids is 1. The zero-order valence-electron chi connectivity index (χ0n) is 16.5. The third-order valence-electron chi connectivity index (χ3n) is 4.90. The Hall–Kier alpha value is -3.06. The highest BCUT2D eigenvalue weighted by Gasteiger charge is 2.13. The molecule has 0 unspecified atom stereocenters. The molecule has 1 aliphatic rings. The molecule has 154 valence electrons. The quantitative estimate of drug-likeness (QED) is 0.396. The fourth-order valence-corrected chi connectivity index (χ4v) is 3.77. The second-order valence-electron chi connectivity index (χ2n) is 6.92. The number of aryl methyl sites for hydroxylation is 2. The zero-order chi connectivity index (χ0) is 20.9. The molecule has 0 saturated carbocycles. The number of hydrogen-bond donors (Lipinski definition) is 1. The van der Waals surface area contributed by atoms with E-state index in [2.05, 4.69) is 38.6 Å². The summed E-state index contributed by atoms with van der Waals surface area (Å²) in [5.74, 6) is 1.76. The van der Waals surface area contributed by atoms with Gasteiger partial charge in [-0.1, -0.05) is 22.0 Å². The molecule has 6 nitrogen and oxygen atoms in total. The molecule has 0 radical (unpaired) electrons. The van der Waals surface area contributed by atoms with E-state index < -0.39 is 5.91 Å². The topological polar surface area (TPSA) is 73.1 Å². The smallest absolute Gasteiger partial charge is 0.307 e. The van der Waals surface area contributed by atoms with Gasteiger partial charge in [-0.25, -0.2) is 5.43 Å². The number of carbonyl (C=O) groups is 1. The lowest BCUT2D eigenvalue weighted by molar-refractivity contribution is 0.0923. The maximum atomic E-state index is 12.3. The molecular formula is C23H21BrN2O4. The van der Waals surface area contributed by atoms with Crippen molar-refractivity contribution in [2.45, 2.75) is 25.9 Å². The van der Waals surface area contributed by atoms with Gasteiger partial charge in [0.1, 0.15) is 23.9 Å². The molecule has 1 aromatic heterocycles. The van der Waals surface area contributed by atoms with Crippen LogP contribution in [0.2, 0.25) is 0 Å². The van der Waals surface area contributed by atoms with Crippen molar-refractivity contribution in [2.75, 3.05) is 7.11 Å². The van der Waals surface area contributed by atoms with Gasteiger partial charge < -0.3 is 13.9 Å². The Morgan fingerprint density at radius 2 is 2.03 bits per heavy atom. The summed E-state index contributed by atoms with van der Waals surface area (Å²) in [6, 6.07) is 15.0. The first kappa shape index (κ1) is 20.2. The van der Waals surface area contributed by atoms with Gasteiger partial charge in [-0.3, -0.25) is 4.79 Å². The molecule has 0 aliphatic heterocycles. The summed E-state index contributed by atoms with van der Waals surface area (Å²) < 4.78 is 17.6. The van der Waals surface area contributed by atoms with Crippen LogP contribution in [-0.4, -0.2) is 19.2 Å². The zero-order valence-corrected chi connectivity index (χ0v) is 18.1. The van der Waals surface area contributed by atoms with Crippen LogP contribution in [0.3, 0.4) is 0 Å². The van der Waals surface area contributed by atoms with Crippen LogP contribution >= 0.6 is 15.9 Å². The van der Waals surface area contributed by atoms with E-state index in [0.717, 1.165) is 28.6 Å². The van der Waals surface area contributed by atoms with E-state index in [1.807, 2.05) is 24.3 Å². The van der Waals surface area contributed by atoms with Gasteiger partial charge >= 0.3 is 5.91 Å². The summed E-state index contributed by atoms with van der Waals surface area (Å²) in [7, 11) is 1.58. The van der Waals surface area contributed by atoms with Gasteiger partial charge in [-0.15, -0.1) is 0 Å². The van der Waals surface area contributed by atoms with Gasteiger partial charge in [0.25, 0.3) is 0 Å². The molecule has 1 heterocycles. The van der Waals surface area contributed by atoms with E-state index in [-0.39, 0.29) is 12.4 Å². The number of amides is 1. The Labute approximate surface area is 183 Å². The second-order valence-corrected chi connectivity index (χ2v) is 7.84. The van der Waals surface area contributed by atoms with E-state index in [9.17, 15) is 4.79 Å². The number of fused-ring (bicyclic) bond motifs is 1. The molecule has 0 spiro atoms. The average molecular weight is 469 g/mol. The Balaban J connectivity index is 1.33. The van der Waals surface area contributed by atoms with Crippen LogP contribution in [-0.2, 0) is 19.4 Å². The van der Waals surface area contributed by atoms with E-state index in [4.69, 9.17) is 13.9 Å². The minimum absolute atomic E-state index is 0.168. The van der Waals surface area contributed by atoms with E-state index >= 15 is 0 Å². The lowest BCUT2D eigenvalue weighted by Gasteiger charge is -2.06. The Bertz CT molecular complexity index is 1090. The molecule has 7 heteroatoms. The van der Waals surface area contributed by atoms with Crippen molar-refractivity contribution in [3.63, 3.8) is 0 Å². The number of halogens is 1. The summed E-state index contributed by atoms with van der Waals surface area (Å²) in [6.45, 7) is 0.255. The summed E-state index contributed by atoms with van der Waals surface area (Å²) >= 11 is 3.40. The number of benzene rings is 2. The normalized spacial score (nSPS) is 12.7. The third-order valence-corrected chi connectivity index (χ3v) is 5.39. The maximum absolute atomic E-state index is 12.3. The Morgan fingerprint density at radius 3 is 2.90 bits per heavy atom. The minimum Gasteiger partial charge on any atom is -0.496 e. The standard InChI is InChI=1S/C23H21BrN2O4/c1-28-21-9-6-18(24)11-17(21)13-25-26-23(27)22-10-8-20(30-22)14-29-19-7-5-15-3-2-4-16(15)12-19/h5-13H,2-4,14H2,1H3,(H,26,27). The first-order valence-electron chi connectivity index (χ1n) is 9.62. The van der Waals surface area contributed by atoms with E-state index in [1.165, 1.54) is 23.8 Å². The maximum Gasteiger partial charge on any atom is 0.307 e. The van der Waals surface area contributed by atoms with Gasteiger partial charge in [0.2, 0.25) is 0 Å². The van der Waals surface area contributed by atoms with Crippen molar-refractivity contribution in [2.24, 2.45) is 5.10 Å². The van der Waals surface area contributed by atoms with Gasteiger partial charge in [0, 0.05) is 10.0 Å². The van der Waals surface area contributed by atoms with Crippen LogP contribution in [0.1, 0.15) is 39.4 Å². The summed E-state index contributed by atoms with van der Waals surface area (Å²) in [5, 5.41) is 3.99. The van der Waals surface area contributed by atoms with Gasteiger partial charge in [0.05, 0.1) is 13.3 Å². The number of furan rings is 1. The average Bonchev–Trinajstić information content (AvgIpc) is 3.41. The lowest BCUT2D eigenvalue weighted by Crippen LogP contribution is -2.16. The molecule has 2 aromatic carbocycles. The van der Waals surface area contributed by atoms with Crippen LogP contribution in [0, 0.1) is 0 Å².